The molecule has 3 rings (SSSR count). The first-order valence-corrected chi connectivity index (χ1v) is 7.26. The standard InChI is InChI=1S/C17H18N4O2/c1-21-15-9-4-3-8-14(15)20-16(21)11-18-17(22)19-12-6-5-7-13(10-12)23-2/h3-10H,11H2,1-2H3,(H2,18,19,22). The van der Waals surface area contributed by atoms with Crippen LogP contribution < -0.4 is 15.4 Å². The van der Waals surface area contributed by atoms with E-state index in [9.17, 15) is 4.79 Å². The number of hydrogen-bond acceptors (Lipinski definition) is 3. The lowest BCUT2D eigenvalue weighted by molar-refractivity contribution is 0.251. The number of para-hydroxylation sites is 2. The van der Waals surface area contributed by atoms with Gasteiger partial charge in [-0.1, -0.05) is 18.2 Å². The zero-order chi connectivity index (χ0) is 16.2. The number of imidazole rings is 1. The summed E-state index contributed by atoms with van der Waals surface area (Å²) in [7, 11) is 3.53. The van der Waals surface area contributed by atoms with Gasteiger partial charge in [0.25, 0.3) is 0 Å². The Morgan fingerprint density at radius 3 is 2.83 bits per heavy atom. The monoisotopic (exact) mass is 310 g/mol. The van der Waals surface area contributed by atoms with Gasteiger partial charge in [-0.25, -0.2) is 9.78 Å². The fourth-order valence-corrected chi connectivity index (χ4v) is 2.39. The number of rotatable bonds is 4. The molecular formula is C17H18N4O2. The Labute approximate surface area is 134 Å². The number of urea groups is 1. The van der Waals surface area contributed by atoms with Crippen LogP contribution in [0.25, 0.3) is 11.0 Å². The van der Waals surface area contributed by atoms with E-state index in [1.807, 2.05) is 48.0 Å². The molecule has 0 saturated heterocycles. The van der Waals surface area contributed by atoms with E-state index >= 15 is 0 Å². The summed E-state index contributed by atoms with van der Waals surface area (Å²) >= 11 is 0. The molecule has 0 aliphatic rings. The van der Waals surface area contributed by atoms with Crippen LogP contribution in [-0.4, -0.2) is 22.7 Å². The van der Waals surface area contributed by atoms with Crippen LogP contribution in [0.15, 0.2) is 48.5 Å². The Kier molecular flexibility index (Phi) is 4.14. The quantitative estimate of drug-likeness (QED) is 0.778. The number of aryl methyl sites for hydroxylation is 1. The summed E-state index contributed by atoms with van der Waals surface area (Å²) in [5.74, 6) is 1.49. The van der Waals surface area contributed by atoms with Crippen LogP contribution in [-0.2, 0) is 13.6 Å². The summed E-state index contributed by atoms with van der Waals surface area (Å²) in [6, 6.07) is 14.8. The number of benzene rings is 2. The van der Waals surface area contributed by atoms with Crippen LogP contribution in [0, 0.1) is 0 Å². The molecule has 0 atom stereocenters. The molecule has 0 spiro atoms. The Bertz CT molecular complexity index is 841. The molecule has 2 aromatic carbocycles. The lowest BCUT2D eigenvalue weighted by Gasteiger charge is -2.09. The van der Waals surface area contributed by atoms with Gasteiger partial charge in [0.2, 0.25) is 0 Å². The number of carbonyl (C=O) groups is 1. The van der Waals surface area contributed by atoms with E-state index in [4.69, 9.17) is 4.74 Å². The lowest BCUT2D eigenvalue weighted by Crippen LogP contribution is -2.29. The molecule has 0 bridgehead atoms. The molecular weight excluding hydrogens is 292 g/mol. The predicted octanol–water partition coefficient (Wildman–Crippen LogP) is 2.90. The van der Waals surface area contributed by atoms with Crippen LogP contribution in [0.4, 0.5) is 10.5 Å². The van der Waals surface area contributed by atoms with E-state index in [1.54, 1.807) is 19.2 Å². The van der Waals surface area contributed by atoms with Crippen LogP contribution in [0.3, 0.4) is 0 Å². The Balaban J connectivity index is 1.65. The van der Waals surface area contributed by atoms with Gasteiger partial charge in [-0.05, 0) is 24.3 Å². The SMILES string of the molecule is COc1cccc(NC(=O)NCc2nc3ccccc3n2C)c1. The highest BCUT2D eigenvalue weighted by molar-refractivity contribution is 5.89. The molecule has 0 fully saturated rings. The van der Waals surface area contributed by atoms with Crippen molar-refractivity contribution < 1.29 is 9.53 Å². The molecule has 2 amide bonds. The molecule has 2 N–H and O–H groups in total. The molecule has 0 radical (unpaired) electrons. The molecule has 0 aliphatic heterocycles. The highest BCUT2D eigenvalue weighted by Gasteiger charge is 2.08. The van der Waals surface area contributed by atoms with Crippen molar-refractivity contribution in [3.8, 4) is 5.75 Å². The lowest BCUT2D eigenvalue weighted by atomic mass is 10.3. The number of anilines is 1. The minimum absolute atomic E-state index is 0.287. The summed E-state index contributed by atoms with van der Waals surface area (Å²) < 4.78 is 7.10. The summed E-state index contributed by atoms with van der Waals surface area (Å²) in [6.07, 6.45) is 0. The fraction of sp³-hybridized carbons (Fsp3) is 0.176. The Morgan fingerprint density at radius 1 is 1.22 bits per heavy atom. The maximum Gasteiger partial charge on any atom is 0.319 e. The van der Waals surface area contributed by atoms with Crippen LogP contribution >= 0.6 is 0 Å². The van der Waals surface area contributed by atoms with E-state index in [0.717, 1.165) is 16.9 Å². The number of nitrogens with zero attached hydrogens (tertiary/aromatic N) is 2. The maximum atomic E-state index is 12.0. The minimum Gasteiger partial charge on any atom is -0.497 e. The topological polar surface area (TPSA) is 68.2 Å². The normalized spacial score (nSPS) is 10.5. The van der Waals surface area contributed by atoms with Crippen molar-refractivity contribution in [2.75, 3.05) is 12.4 Å². The smallest absolute Gasteiger partial charge is 0.319 e. The molecule has 0 unspecified atom stereocenters. The van der Waals surface area contributed by atoms with Gasteiger partial charge in [-0.3, -0.25) is 0 Å². The van der Waals surface area contributed by atoms with Crippen LogP contribution in [0.2, 0.25) is 0 Å². The van der Waals surface area contributed by atoms with Gasteiger partial charge in [-0.15, -0.1) is 0 Å². The fourth-order valence-electron chi connectivity index (χ4n) is 2.39. The molecule has 0 saturated carbocycles. The Hall–Kier alpha value is -3.02. The third kappa shape index (κ3) is 3.26. The van der Waals surface area contributed by atoms with Crippen molar-refractivity contribution in [1.82, 2.24) is 14.9 Å². The number of methoxy groups -OCH3 is 1. The first-order chi connectivity index (χ1) is 11.2. The molecule has 3 aromatic rings. The largest absolute Gasteiger partial charge is 0.497 e. The zero-order valence-electron chi connectivity index (χ0n) is 13.0. The predicted molar refractivity (Wildman–Crippen MR) is 89.6 cm³/mol. The average molecular weight is 310 g/mol. The van der Waals surface area contributed by atoms with E-state index in [0.29, 0.717) is 18.0 Å². The van der Waals surface area contributed by atoms with Crippen molar-refractivity contribution >= 4 is 22.8 Å². The van der Waals surface area contributed by atoms with E-state index in [-0.39, 0.29) is 6.03 Å². The van der Waals surface area contributed by atoms with Crippen LogP contribution in [0.1, 0.15) is 5.82 Å². The second-order valence-corrected chi connectivity index (χ2v) is 5.12. The zero-order valence-corrected chi connectivity index (χ0v) is 13.0. The first-order valence-electron chi connectivity index (χ1n) is 7.26. The van der Waals surface area contributed by atoms with Crippen molar-refractivity contribution in [2.45, 2.75) is 6.54 Å². The number of amides is 2. The van der Waals surface area contributed by atoms with Gasteiger partial charge in [0.05, 0.1) is 24.7 Å². The number of aromatic nitrogens is 2. The van der Waals surface area contributed by atoms with Crippen molar-refractivity contribution in [3.63, 3.8) is 0 Å². The number of fused-ring (bicyclic) bond motifs is 1. The first kappa shape index (κ1) is 14.9. The summed E-state index contributed by atoms with van der Waals surface area (Å²) in [5.41, 5.74) is 2.63. The van der Waals surface area contributed by atoms with Crippen molar-refractivity contribution in [1.29, 1.82) is 0 Å². The van der Waals surface area contributed by atoms with Gasteiger partial charge in [0, 0.05) is 18.8 Å². The molecule has 23 heavy (non-hydrogen) atoms. The summed E-state index contributed by atoms with van der Waals surface area (Å²) in [4.78, 5) is 16.5. The van der Waals surface area contributed by atoms with Crippen molar-refractivity contribution in [2.24, 2.45) is 7.05 Å². The third-order valence-corrected chi connectivity index (χ3v) is 3.61. The van der Waals surface area contributed by atoms with E-state index < -0.39 is 0 Å². The van der Waals surface area contributed by atoms with Gasteiger partial charge in [0.1, 0.15) is 11.6 Å². The van der Waals surface area contributed by atoms with Gasteiger partial charge in [-0.2, -0.15) is 0 Å². The maximum absolute atomic E-state index is 12.0. The second kappa shape index (κ2) is 6.39. The Morgan fingerprint density at radius 2 is 2.04 bits per heavy atom. The highest BCUT2D eigenvalue weighted by Crippen LogP contribution is 2.17. The second-order valence-electron chi connectivity index (χ2n) is 5.12. The molecule has 1 heterocycles. The molecule has 6 heteroatoms. The van der Waals surface area contributed by atoms with E-state index in [1.165, 1.54) is 0 Å². The molecule has 6 nitrogen and oxygen atoms in total. The van der Waals surface area contributed by atoms with Gasteiger partial charge < -0.3 is 19.9 Å². The summed E-state index contributed by atoms with van der Waals surface area (Å²) in [6.45, 7) is 0.348. The molecule has 118 valence electrons. The number of ether oxygens (including phenoxy) is 1. The number of nitrogens with one attached hydrogen (secondary N) is 2. The molecule has 0 aliphatic carbocycles. The van der Waals surface area contributed by atoms with Gasteiger partial charge >= 0.3 is 6.03 Å². The van der Waals surface area contributed by atoms with Crippen molar-refractivity contribution in [3.05, 3.63) is 54.4 Å². The number of hydrogen-bond donors (Lipinski definition) is 2. The average Bonchev–Trinajstić information content (AvgIpc) is 2.90. The minimum atomic E-state index is -0.287. The van der Waals surface area contributed by atoms with Crippen LogP contribution in [0.5, 0.6) is 5.75 Å². The van der Waals surface area contributed by atoms with Gasteiger partial charge in [0.15, 0.2) is 0 Å². The van der Waals surface area contributed by atoms with E-state index in [2.05, 4.69) is 15.6 Å². The number of carbonyl (C=O) groups excluding carboxylic acids is 1. The molecule has 1 aromatic heterocycles. The highest BCUT2D eigenvalue weighted by atomic mass is 16.5. The third-order valence-electron chi connectivity index (χ3n) is 3.61. The summed E-state index contributed by atoms with van der Waals surface area (Å²) in [5, 5.41) is 5.59.